The number of hydrogen-bond donors (Lipinski definition) is 3. The fourth-order valence-corrected chi connectivity index (χ4v) is 1.36. The third-order valence-electron chi connectivity index (χ3n) is 1.97. The summed E-state index contributed by atoms with van der Waals surface area (Å²) < 4.78 is 0. The molecule has 0 fully saturated rings. The van der Waals surface area contributed by atoms with Crippen molar-refractivity contribution in [3.05, 3.63) is 12.4 Å². The summed E-state index contributed by atoms with van der Waals surface area (Å²) in [5, 5.41) is 9.64. The Labute approximate surface area is 68.4 Å². The van der Waals surface area contributed by atoms with E-state index >= 15 is 0 Å². The van der Waals surface area contributed by atoms with Crippen molar-refractivity contribution in [3.8, 4) is 0 Å². The van der Waals surface area contributed by atoms with Crippen LogP contribution in [0, 0.1) is 0 Å². The lowest BCUT2D eigenvalue weighted by molar-refractivity contribution is -0.00118. The van der Waals surface area contributed by atoms with Gasteiger partial charge in [-0.3, -0.25) is 10.3 Å². The molecule has 3 rings (SSSR count). The van der Waals surface area contributed by atoms with Crippen molar-refractivity contribution >= 4 is 12.7 Å². The van der Waals surface area contributed by atoms with Gasteiger partial charge >= 0.3 is 5.91 Å². The average Bonchev–Trinajstić information content (AvgIpc) is 2.63. The van der Waals surface area contributed by atoms with Gasteiger partial charge in [0.25, 0.3) is 0 Å². The van der Waals surface area contributed by atoms with E-state index in [9.17, 15) is 0 Å². The van der Waals surface area contributed by atoms with Crippen molar-refractivity contribution in [1.29, 1.82) is 0 Å². The largest absolute Gasteiger partial charge is 0.326 e. The van der Waals surface area contributed by atoms with Crippen molar-refractivity contribution in [2.45, 2.75) is 5.91 Å². The zero-order chi connectivity index (χ0) is 8.02. The van der Waals surface area contributed by atoms with Gasteiger partial charge in [0, 0.05) is 12.4 Å². The highest BCUT2D eigenvalue weighted by Gasteiger charge is 2.48. The van der Waals surface area contributed by atoms with Crippen LogP contribution in [-0.4, -0.2) is 28.5 Å². The SMILES string of the molecule is C1=CN2C=NNC23NN=CN3N1. The molecule has 7 heteroatoms. The Morgan fingerprint density at radius 3 is 2.92 bits per heavy atom. The number of nitrogens with one attached hydrogen (secondary N) is 3. The molecule has 12 heavy (non-hydrogen) atoms. The zero-order valence-corrected chi connectivity index (χ0v) is 6.10. The predicted molar refractivity (Wildman–Crippen MR) is 41.9 cm³/mol. The molecule has 0 amide bonds. The highest BCUT2D eigenvalue weighted by Crippen LogP contribution is 2.20. The summed E-state index contributed by atoms with van der Waals surface area (Å²) in [4.78, 5) is 1.87. The summed E-state index contributed by atoms with van der Waals surface area (Å²) in [6.45, 7) is 0. The van der Waals surface area contributed by atoms with Crippen molar-refractivity contribution in [2.75, 3.05) is 0 Å². The molecule has 0 bridgehead atoms. The molecule has 1 atom stereocenters. The van der Waals surface area contributed by atoms with Crippen LogP contribution >= 0.6 is 0 Å². The third-order valence-corrected chi connectivity index (χ3v) is 1.97. The molecule has 0 aromatic rings. The molecule has 0 saturated heterocycles. The van der Waals surface area contributed by atoms with Gasteiger partial charge in [-0.25, -0.2) is 15.9 Å². The van der Waals surface area contributed by atoms with Crippen LogP contribution in [0.4, 0.5) is 0 Å². The minimum absolute atomic E-state index is 0.575. The fraction of sp³-hybridized carbons (Fsp3) is 0.200. The second-order valence-electron chi connectivity index (χ2n) is 2.61. The molecule has 7 nitrogen and oxygen atoms in total. The van der Waals surface area contributed by atoms with Gasteiger partial charge in [-0.1, -0.05) is 0 Å². The Morgan fingerprint density at radius 1 is 1.17 bits per heavy atom. The standard InChI is InChI=1S/C5H7N7/c1-2-11-3-6-9-5(11)10-7-4-12(5)8-1/h1-4,8-10H. The summed E-state index contributed by atoms with van der Waals surface area (Å²) >= 11 is 0. The molecule has 3 N–H and O–H groups in total. The van der Waals surface area contributed by atoms with Gasteiger partial charge in [-0.2, -0.15) is 10.2 Å². The molecule has 3 aliphatic heterocycles. The van der Waals surface area contributed by atoms with E-state index in [1.165, 1.54) is 0 Å². The summed E-state index contributed by atoms with van der Waals surface area (Å²) in [7, 11) is 0. The van der Waals surface area contributed by atoms with Crippen LogP contribution in [0.15, 0.2) is 22.6 Å². The molecule has 0 aromatic heterocycles. The van der Waals surface area contributed by atoms with Crippen molar-refractivity contribution in [2.24, 2.45) is 10.2 Å². The molecule has 0 radical (unpaired) electrons. The second-order valence-corrected chi connectivity index (χ2v) is 2.61. The van der Waals surface area contributed by atoms with E-state index in [4.69, 9.17) is 0 Å². The molecule has 0 saturated carbocycles. The molecule has 1 spiro atoms. The van der Waals surface area contributed by atoms with Crippen LogP contribution < -0.4 is 16.3 Å². The Kier molecular flexibility index (Phi) is 0.773. The van der Waals surface area contributed by atoms with Gasteiger partial charge in [-0.15, -0.1) is 0 Å². The fourth-order valence-electron chi connectivity index (χ4n) is 1.36. The van der Waals surface area contributed by atoms with Crippen molar-refractivity contribution < 1.29 is 0 Å². The zero-order valence-electron chi connectivity index (χ0n) is 6.10. The van der Waals surface area contributed by atoms with E-state index in [-0.39, 0.29) is 0 Å². The maximum absolute atomic E-state index is 3.94. The maximum atomic E-state index is 3.94. The lowest BCUT2D eigenvalue weighted by atomic mass is 10.5. The Balaban J connectivity index is 2.06. The summed E-state index contributed by atoms with van der Waals surface area (Å²) in [6, 6.07) is 0. The minimum atomic E-state index is -0.575. The van der Waals surface area contributed by atoms with E-state index < -0.39 is 5.91 Å². The number of nitrogens with zero attached hydrogens (tertiary/aromatic N) is 4. The molecule has 3 aliphatic rings. The maximum Gasteiger partial charge on any atom is 0.326 e. The molecular formula is C5H7N7. The highest BCUT2D eigenvalue weighted by atomic mass is 15.9. The van der Waals surface area contributed by atoms with E-state index in [0.29, 0.717) is 0 Å². The topological polar surface area (TPSA) is 67.3 Å². The monoisotopic (exact) mass is 165 g/mol. The van der Waals surface area contributed by atoms with E-state index in [0.717, 1.165) is 0 Å². The van der Waals surface area contributed by atoms with Crippen LogP contribution in [-0.2, 0) is 0 Å². The van der Waals surface area contributed by atoms with Gasteiger partial charge in [0.1, 0.15) is 12.7 Å². The van der Waals surface area contributed by atoms with Crippen LogP contribution in [0.5, 0.6) is 0 Å². The Morgan fingerprint density at radius 2 is 2.00 bits per heavy atom. The lowest BCUT2D eigenvalue weighted by Gasteiger charge is -2.40. The van der Waals surface area contributed by atoms with Gasteiger partial charge in [0.15, 0.2) is 0 Å². The van der Waals surface area contributed by atoms with Gasteiger partial charge in [0.2, 0.25) is 0 Å². The van der Waals surface area contributed by atoms with E-state index in [1.54, 1.807) is 23.9 Å². The Bertz CT molecular complexity index is 290. The van der Waals surface area contributed by atoms with E-state index in [2.05, 4.69) is 26.5 Å². The number of hydrazone groups is 2. The predicted octanol–water partition coefficient (Wildman–Crippen LogP) is -1.72. The number of rotatable bonds is 0. The summed E-state index contributed by atoms with van der Waals surface area (Å²) in [5.74, 6) is -0.575. The number of hydrogen-bond acceptors (Lipinski definition) is 7. The molecule has 62 valence electrons. The number of hydrazine groups is 1. The van der Waals surface area contributed by atoms with Gasteiger partial charge in [-0.05, 0) is 0 Å². The summed E-state index contributed by atoms with van der Waals surface area (Å²) in [6.07, 6.45) is 7.00. The van der Waals surface area contributed by atoms with Crippen molar-refractivity contribution in [3.63, 3.8) is 0 Å². The van der Waals surface area contributed by atoms with Crippen molar-refractivity contribution in [1.82, 2.24) is 26.2 Å². The normalized spacial score (nSPS) is 34.0. The molecule has 0 aromatic carbocycles. The smallest absolute Gasteiger partial charge is 0.298 e. The van der Waals surface area contributed by atoms with Gasteiger partial charge < -0.3 is 0 Å². The first-order valence-corrected chi connectivity index (χ1v) is 3.53. The molecule has 1 unspecified atom stereocenters. The van der Waals surface area contributed by atoms with Crippen LogP contribution in [0.3, 0.4) is 0 Å². The first-order valence-electron chi connectivity index (χ1n) is 3.53. The minimum Gasteiger partial charge on any atom is -0.298 e. The highest BCUT2D eigenvalue weighted by molar-refractivity contribution is 5.65. The average molecular weight is 165 g/mol. The van der Waals surface area contributed by atoms with Crippen LogP contribution in [0.25, 0.3) is 0 Å². The quantitative estimate of drug-likeness (QED) is 0.398. The lowest BCUT2D eigenvalue weighted by Crippen LogP contribution is -2.70. The summed E-state index contributed by atoms with van der Waals surface area (Å²) in [5.41, 5.74) is 8.81. The third kappa shape index (κ3) is 0.448. The van der Waals surface area contributed by atoms with E-state index in [1.807, 2.05) is 11.1 Å². The second kappa shape index (κ2) is 1.63. The first kappa shape index (κ1) is 5.70. The Hall–Kier alpha value is -1.92. The van der Waals surface area contributed by atoms with Crippen LogP contribution in [0.1, 0.15) is 0 Å². The first-order chi connectivity index (χ1) is 5.92. The van der Waals surface area contributed by atoms with Gasteiger partial charge in [0.05, 0.1) is 0 Å². The molecule has 3 heterocycles. The molecule has 0 aliphatic carbocycles. The van der Waals surface area contributed by atoms with Crippen LogP contribution in [0.2, 0.25) is 0 Å². The molecular weight excluding hydrogens is 158 g/mol.